The summed E-state index contributed by atoms with van der Waals surface area (Å²) in [5.74, 6) is 1.03. The van der Waals surface area contributed by atoms with Crippen molar-refractivity contribution in [3.8, 4) is 11.5 Å². The molecule has 1 aromatic carbocycles. The maximum atomic E-state index is 11.9. The molecule has 0 aromatic heterocycles. The molecule has 1 rings (SSSR count). The van der Waals surface area contributed by atoms with Crippen molar-refractivity contribution in [3.63, 3.8) is 0 Å². The van der Waals surface area contributed by atoms with E-state index in [4.69, 9.17) is 9.47 Å². The SMILES string of the molecule is CCNCc1c(Br)ccc(OC)c1OCC(=O)NC(C)(C)C. The number of hydrogen-bond donors (Lipinski definition) is 2. The summed E-state index contributed by atoms with van der Waals surface area (Å²) in [4.78, 5) is 11.9. The molecule has 0 spiro atoms. The van der Waals surface area contributed by atoms with Crippen LogP contribution >= 0.6 is 15.9 Å². The second-order valence-electron chi connectivity index (χ2n) is 5.92. The molecule has 0 unspecified atom stereocenters. The number of carbonyl (C=O) groups excluding carboxylic acids is 1. The van der Waals surface area contributed by atoms with E-state index in [1.807, 2.05) is 39.8 Å². The van der Waals surface area contributed by atoms with E-state index in [0.29, 0.717) is 18.0 Å². The highest BCUT2D eigenvalue weighted by atomic mass is 79.9. The van der Waals surface area contributed by atoms with Crippen molar-refractivity contribution < 1.29 is 14.3 Å². The van der Waals surface area contributed by atoms with Crippen molar-refractivity contribution in [2.75, 3.05) is 20.3 Å². The molecule has 2 N–H and O–H groups in total. The summed E-state index contributed by atoms with van der Waals surface area (Å²) in [6, 6.07) is 3.73. The first-order valence-corrected chi connectivity index (χ1v) is 8.07. The molecule has 1 amide bonds. The van der Waals surface area contributed by atoms with Crippen LogP contribution < -0.4 is 20.1 Å². The second kappa shape index (κ2) is 8.39. The van der Waals surface area contributed by atoms with Crippen LogP contribution in [-0.2, 0) is 11.3 Å². The van der Waals surface area contributed by atoms with E-state index < -0.39 is 0 Å². The van der Waals surface area contributed by atoms with Gasteiger partial charge in [0.2, 0.25) is 0 Å². The van der Waals surface area contributed by atoms with Crippen molar-refractivity contribution in [1.29, 1.82) is 0 Å². The van der Waals surface area contributed by atoms with Gasteiger partial charge in [-0.3, -0.25) is 4.79 Å². The van der Waals surface area contributed by atoms with Gasteiger partial charge in [-0.1, -0.05) is 22.9 Å². The fourth-order valence-electron chi connectivity index (χ4n) is 1.91. The Morgan fingerprint density at radius 1 is 1.32 bits per heavy atom. The summed E-state index contributed by atoms with van der Waals surface area (Å²) in [7, 11) is 1.59. The zero-order valence-corrected chi connectivity index (χ0v) is 15.5. The van der Waals surface area contributed by atoms with Gasteiger partial charge in [0.1, 0.15) is 0 Å². The lowest BCUT2D eigenvalue weighted by atomic mass is 10.1. The van der Waals surface area contributed by atoms with Crippen molar-refractivity contribution >= 4 is 21.8 Å². The molecule has 0 aliphatic rings. The Hall–Kier alpha value is -1.27. The molecule has 124 valence electrons. The van der Waals surface area contributed by atoms with E-state index in [-0.39, 0.29) is 18.1 Å². The average molecular weight is 373 g/mol. The minimum Gasteiger partial charge on any atom is -0.493 e. The van der Waals surface area contributed by atoms with Gasteiger partial charge in [0.15, 0.2) is 18.1 Å². The Kier molecular flexibility index (Phi) is 7.16. The van der Waals surface area contributed by atoms with Gasteiger partial charge < -0.3 is 20.1 Å². The predicted octanol–water partition coefficient (Wildman–Crippen LogP) is 2.86. The third-order valence-corrected chi connectivity index (χ3v) is 3.54. The van der Waals surface area contributed by atoms with Crippen LogP contribution in [-0.4, -0.2) is 31.7 Å². The molecule has 0 bridgehead atoms. The molecule has 0 saturated carbocycles. The Bertz CT molecular complexity index is 513. The van der Waals surface area contributed by atoms with Crippen molar-refractivity contribution in [1.82, 2.24) is 10.6 Å². The smallest absolute Gasteiger partial charge is 0.258 e. The molecule has 6 heteroatoms. The fourth-order valence-corrected chi connectivity index (χ4v) is 2.36. The van der Waals surface area contributed by atoms with Crippen LogP contribution in [0.25, 0.3) is 0 Å². The minimum absolute atomic E-state index is 0.0524. The topological polar surface area (TPSA) is 59.6 Å². The van der Waals surface area contributed by atoms with Gasteiger partial charge in [-0.2, -0.15) is 0 Å². The lowest BCUT2D eigenvalue weighted by molar-refractivity contribution is -0.124. The van der Waals surface area contributed by atoms with Crippen LogP contribution in [0.2, 0.25) is 0 Å². The van der Waals surface area contributed by atoms with E-state index in [1.54, 1.807) is 7.11 Å². The second-order valence-corrected chi connectivity index (χ2v) is 6.78. The number of methoxy groups -OCH3 is 1. The molecular formula is C16H25BrN2O3. The molecule has 22 heavy (non-hydrogen) atoms. The lowest BCUT2D eigenvalue weighted by Gasteiger charge is -2.21. The zero-order chi connectivity index (χ0) is 16.8. The molecule has 5 nitrogen and oxygen atoms in total. The Labute approximate surface area is 140 Å². The Balaban J connectivity index is 2.91. The van der Waals surface area contributed by atoms with Crippen LogP contribution in [0.5, 0.6) is 11.5 Å². The van der Waals surface area contributed by atoms with Gasteiger partial charge in [-0.15, -0.1) is 0 Å². The molecule has 1 aromatic rings. The summed E-state index contributed by atoms with van der Waals surface area (Å²) in [5.41, 5.74) is 0.652. The highest BCUT2D eigenvalue weighted by molar-refractivity contribution is 9.10. The third kappa shape index (κ3) is 5.85. The van der Waals surface area contributed by atoms with E-state index in [9.17, 15) is 4.79 Å². The van der Waals surface area contributed by atoms with Gasteiger partial charge >= 0.3 is 0 Å². The van der Waals surface area contributed by atoms with Gasteiger partial charge in [-0.25, -0.2) is 0 Å². The zero-order valence-electron chi connectivity index (χ0n) is 13.9. The van der Waals surface area contributed by atoms with E-state index in [0.717, 1.165) is 16.6 Å². The number of nitrogens with one attached hydrogen (secondary N) is 2. The van der Waals surface area contributed by atoms with Crippen LogP contribution in [0.4, 0.5) is 0 Å². The maximum absolute atomic E-state index is 11.9. The first-order chi connectivity index (χ1) is 10.3. The highest BCUT2D eigenvalue weighted by Crippen LogP contribution is 2.36. The lowest BCUT2D eigenvalue weighted by Crippen LogP contribution is -2.43. The summed E-state index contributed by atoms with van der Waals surface area (Å²) in [6.07, 6.45) is 0. The third-order valence-electron chi connectivity index (χ3n) is 2.80. The number of amides is 1. The minimum atomic E-state index is -0.283. The van der Waals surface area contributed by atoms with Crippen LogP contribution in [0.1, 0.15) is 33.3 Å². The molecular weight excluding hydrogens is 348 g/mol. The van der Waals surface area contributed by atoms with Crippen LogP contribution in [0, 0.1) is 0 Å². The molecule has 0 fully saturated rings. The molecule has 0 heterocycles. The number of carbonyl (C=O) groups is 1. The normalized spacial score (nSPS) is 11.2. The standard InChI is InChI=1S/C16H25BrN2O3/c1-6-18-9-11-12(17)7-8-13(21-5)15(11)22-10-14(20)19-16(2,3)4/h7-8,18H,6,9-10H2,1-5H3,(H,19,20). The molecule has 0 saturated heterocycles. The van der Waals surface area contributed by atoms with Gasteiger partial charge in [0.25, 0.3) is 5.91 Å². The number of benzene rings is 1. The Morgan fingerprint density at radius 3 is 2.55 bits per heavy atom. The van der Waals surface area contributed by atoms with E-state index >= 15 is 0 Å². The van der Waals surface area contributed by atoms with E-state index in [2.05, 4.69) is 26.6 Å². The summed E-state index contributed by atoms with van der Waals surface area (Å²) in [6.45, 7) is 9.25. The highest BCUT2D eigenvalue weighted by Gasteiger charge is 2.18. The number of hydrogen-bond acceptors (Lipinski definition) is 4. The first kappa shape index (κ1) is 18.8. The predicted molar refractivity (Wildman–Crippen MR) is 91.5 cm³/mol. The average Bonchev–Trinajstić information content (AvgIpc) is 2.42. The molecule has 0 radical (unpaired) electrons. The fraction of sp³-hybridized carbons (Fsp3) is 0.562. The molecule has 0 aliphatic carbocycles. The summed E-state index contributed by atoms with van der Waals surface area (Å²) >= 11 is 3.52. The largest absolute Gasteiger partial charge is 0.493 e. The van der Waals surface area contributed by atoms with Gasteiger partial charge in [-0.05, 0) is 39.4 Å². The van der Waals surface area contributed by atoms with Crippen molar-refractivity contribution in [2.24, 2.45) is 0 Å². The number of ether oxygens (including phenoxy) is 2. The monoisotopic (exact) mass is 372 g/mol. The maximum Gasteiger partial charge on any atom is 0.258 e. The summed E-state index contributed by atoms with van der Waals surface area (Å²) < 4.78 is 12.0. The number of halogens is 1. The van der Waals surface area contributed by atoms with E-state index in [1.165, 1.54) is 0 Å². The van der Waals surface area contributed by atoms with Crippen molar-refractivity contribution in [3.05, 3.63) is 22.2 Å². The van der Waals surface area contributed by atoms with Crippen molar-refractivity contribution in [2.45, 2.75) is 39.8 Å². The Morgan fingerprint density at radius 2 is 2.00 bits per heavy atom. The number of rotatable bonds is 7. The van der Waals surface area contributed by atoms with Gasteiger partial charge in [0, 0.05) is 22.1 Å². The quantitative estimate of drug-likeness (QED) is 0.772. The van der Waals surface area contributed by atoms with Crippen LogP contribution in [0.3, 0.4) is 0 Å². The summed E-state index contributed by atoms with van der Waals surface area (Å²) in [5, 5.41) is 6.13. The van der Waals surface area contributed by atoms with Crippen LogP contribution in [0.15, 0.2) is 16.6 Å². The molecule has 0 atom stereocenters. The molecule has 0 aliphatic heterocycles. The first-order valence-electron chi connectivity index (χ1n) is 7.28. The van der Waals surface area contributed by atoms with Gasteiger partial charge in [0.05, 0.1) is 7.11 Å².